The summed E-state index contributed by atoms with van der Waals surface area (Å²) in [6.45, 7) is 0. The van der Waals surface area contributed by atoms with Crippen molar-refractivity contribution in [3.63, 3.8) is 0 Å². The fourth-order valence-electron chi connectivity index (χ4n) is 1.14. The molecular formula is C9H4F6N2. The summed E-state index contributed by atoms with van der Waals surface area (Å²) in [5.41, 5.74) is -3.90. The van der Waals surface area contributed by atoms with Crippen molar-refractivity contribution in [1.82, 2.24) is 4.98 Å². The average Bonchev–Trinajstić information content (AvgIpc) is 2.18. The zero-order valence-electron chi connectivity index (χ0n) is 8.02. The molecule has 0 aliphatic heterocycles. The van der Waals surface area contributed by atoms with Gasteiger partial charge in [0.2, 0.25) is 0 Å². The Hall–Kier alpha value is -1.78. The molecule has 92 valence electrons. The minimum atomic E-state index is -5.02. The molecule has 0 bridgehead atoms. The number of hydrogen-bond donors (Lipinski definition) is 0. The highest BCUT2D eigenvalue weighted by Gasteiger charge is 2.35. The number of pyridine rings is 1. The number of halogens is 6. The molecule has 0 fully saturated rings. The van der Waals surface area contributed by atoms with Gasteiger partial charge in [-0.1, -0.05) is 0 Å². The van der Waals surface area contributed by atoms with E-state index in [1.165, 1.54) is 6.07 Å². The Bertz CT molecular complexity index is 460. The molecule has 0 aliphatic rings. The highest BCUT2D eigenvalue weighted by atomic mass is 19.4. The normalized spacial score (nSPS) is 11.6. The van der Waals surface area contributed by atoms with E-state index >= 15 is 0 Å². The van der Waals surface area contributed by atoms with Gasteiger partial charge >= 0.3 is 6.18 Å². The van der Waals surface area contributed by atoms with Gasteiger partial charge in [0.25, 0.3) is 6.43 Å². The summed E-state index contributed by atoms with van der Waals surface area (Å²) in [6.07, 6.45) is -9.16. The number of nitriles is 1. The van der Waals surface area contributed by atoms with Crippen molar-refractivity contribution in [2.75, 3.05) is 0 Å². The molecule has 0 spiro atoms. The molecule has 0 radical (unpaired) electrons. The van der Waals surface area contributed by atoms with Crippen molar-refractivity contribution in [2.24, 2.45) is 0 Å². The first-order valence-electron chi connectivity index (χ1n) is 4.19. The van der Waals surface area contributed by atoms with Crippen LogP contribution in [0.25, 0.3) is 0 Å². The fraction of sp³-hybridized carbons (Fsp3) is 0.333. The summed E-state index contributed by atoms with van der Waals surface area (Å²) in [4.78, 5) is 2.66. The van der Waals surface area contributed by atoms with E-state index in [-0.39, 0.29) is 6.07 Å². The van der Waals surface area contributed by atoms with Crippen LogP contribution in [-0.4, -0.2) is 4.98 Å². The van der Waals surface area contributed by atoms with Gasteiger partial charge in [0, 0.05) is 11.6 Å². The summed E-state index contributed by atoms with van der Waals surface area (Å²) in [5.74, 6) is -1.51. The van der Waals surface area contributed by atoms with Gasteiger partial charge in [-0.3, -0.25) is 0 Å². The molecule has 0 N–H and O–H groups in total. The third-order valence-corrected chi connectivity index (χ3v) is 1.85. The maximum atomic E-state index is 13.2. The van der Waals surface area contributed by atoms with Gasteiger partial charge in [0.15, 0.2) is 0 Å². The molecule has 17 heavy (non-hydrogen) atoms. The predicted molar refractivity (Wildman–Crippen MR) is 43.5 cm³/mol. The van der Waals surface area contributed by atoms with Crippen LogP contribution in [0.2, 0.25) is 0 Å². The monoisotopic (exact) mass is 254 g/mol. The molecule has 0 saturated heterocycles. The minimum Gasteiger partial charge on any atom is -0.242 e. The Morgan fingerprint density at radius 2 is 1.94 bits per heavy atom. The first-order valence-corrected chi connectivity index (χ1v) is 4.19. The molecule has 0 atom stereocenters. The lowest BCUT2D eigenvalue weighted by atomic mass is 10.1. The topological polar surface area (TPSA) is 36.7 Å². The maximum Gasteiger partial charge on any atom is 0.433 e. The smallest absolute Gasteiger partial charge is 0.242 e. The van der Waals surface area contributed by atoms with Crippen LogP contribution in [0.1, 0.15) is 23.4 Å². The Morgan fingerprint density at radius 1 is 1.35 bits per heavy atom. The van der Waals surface area contributed by atoms with Crippen molar-refractivity contribution >= 4 is 0 Å². The zero-order chi connectivity index (χ0) is 13.2. The van der Waals surface area contributed by atoms with Gasteiger partial charge in [-0.05, 0) is 0 Å². The molecule has 2 nitrogen and oxygen atoms in total. The number of alkyl halides is 5. The van der Waals surface area contributed by atoms with Crippen LogP contribution in [-0.2, 0) is 12.6 Å². The van der Waals surface area contributed by atoms with Crippen molar-refractivity contribution < 1.29 is 26.3 Å². The summed E-state index contributed by atoms with van der Waals surface area (Å²) >= 11 is 0. The second-order valence-corrected chi connectivity index (χ2v) is 2.99. The second-order valence-electron chi connectivity index (χ2n) is 2.99. The van der Waals surface area contributed by atoms with E-state index in [2.05, 4.69) is 4.98 Å². The average molecular weight is 254 g/mol. The summed E-state index contributed by atoms with van der Waals surface area (Å²) in [7, 11) is 0. The molecule has 0 saturated carbocycles. The molecule has 1 aromatic rings. The Labute approximate surface area is 91.5 Å². The standard InChI is InChI=1S/C9H4F6N2/c10-5-3-6(9(13,14)15)17-7(8(11)12)4(5)1-2-16/h3,8H,1H2. The van der Waals surface area contributed by atoms with Gasteiger partial charge in [-0.2, -0.15) is 18.4 Å². The van der Waals surface area contributed by atoms with Crippen LogP contribution in [0.5, 0.6) is 0 Å². The molecular weight excluding hydrogens is 250 g/mol. The van der Waals surface area contributed by atoms with E-state index in [9.17, 15) is 26.3 Å². The molecule has 1 rings (SSSR count). The van der Waals surface area contributed by atoms with Crippen LogP contribution in [0, 0.1) is 17.1 Å². The van der Waals surface area contributed by atoms with E-state index < -0.39 is 41.8 Å². The number of aromatic nitrogens is 1. The zero-order valence-corrected chi connectivity index (χ0v) is 8.02. The van der Waals surface area contributed by atoms with Gasteiger partial charge in [0.1, 0.15) is 17.2 Å². The predicted octanol–water partition coefficient (Wildman–Crippen LogP) is 3.24. The lowest BCUT2D eigenvalue weighted by Gasteiger charge is -2.11. The largest absolute Gasteiger partial charge is 0.433 e. The van der Waals surface area contributed by atoms with Crippen LogP contribution in [0.4, 0.5) is 26.3 Å². The molecule has 0 aliphatic carbocycles. The Kier molecular flexibility index (Phi) is 3.60. The lowest BCUT2D eigenvalue weighted by molar-refractivity contribution is -0.141. The van der Waals surface area contributed by atoms with E-state index in [1.807, 2.05) is 0 Å². The third kappa shape index (κ3) is 2.87. The van der Waals surface area contributed by atoms with Crippen molar-refractivity contribution in [2.45, 2.75) is 19.0 Å². The number of rotatable bonds is 2. The fourth-order valence-corrected chi connectivity index (χ4v) is 1.14. The number of hydrogen-bond acceptors (Lipinski definition) is 2. The molecule has 1 heterocycles. The van der Waals surface area contributed by atoms with E-state index in [0.717, 1.165) is 0 Å². The molecule has 0 unspecified atom stereocenters. The summed E-state index contributed by atoms with van der Waals surface area (Å²) in [5, 5.41) is 8.27. The van der Waals surface area contributed by atoms with Gasteiger partial charge in [0.05, 0.1) is 12.5 Å². The minimum absolute atomic E-state index is 0.00144. The SMILES string of the molecule is N#CCc1c(F)cc(C(F)(F)F)nc1C(F)F. The van der Waals surface area contributed by atoms with Gasteiger partial charge in [-0.15, -0.1) is 0 Å². The van der Waals surface area contributed by atoms with E-state index in [4.69, 9.17) is 5.26 Å². The molecule has 0 amide bonds. The van der Waals surface area contributed by atoms with Crippen LogP contribution in [0.3, 0.4) is 0 Å². The lowest BCUT2D eigenvalue weighted by Crippen LogP contribution is -2.13. The van der Waals surface area contributed by atoms with Gasteiger partial charge < -0.3 is 0 Å². The summed E-state index contributed by atoms with van der Waals surface area (Å²) in [6, 6.07) is 1.38. The van der Waals surface area contributed by atoms with E-state index in [0.29, 0.717) is 0 Å². The number of nitrogens with zero attached hydrogens (tertiary/aromatic N) is 2. The van der Waals surface area contributed by atoms with Gasteiger partial charge in [-0.25, -0.2) is 18.2 Å². The Balaban J connectivity index is 3.42. The molecule has 1 aromatic heterocycles. The highest BCUT2D eigenvalue weighted by molar-refractivity contribution is 5.29. The maximum absolute atomic E-state index is 13.2. The third-order valence-electron chi connectivity index (χ3n) is 1.85. The second kappa shape index (κ2) is 4.61. The summed E-state index contributed by atoms with van der Waals surface area (Å²) < 4.78 is 74.5. The van der Waals surface area contributed by atoms with Crippen molar-refractivity contribution in [3.8, 4) is 6.07 Å². The highest BCUT2D eigenvalue weighted by Crippen LogP contribution is 2.32. The van der Waals surface area contributed by atoms with E-state index in [1.54, 1.807) is 0 Å². The van der Waals surface area contributed by atoms with Crippen LogP contribution >= 0.6 is 0 Å². The molecule has 8 heteroatoms. The first-order chi connectivity index (χ1) is 7.77. The molecule has 0 aromatic carbocycles. The quantitative estimate of drug-likeness (QED) is 0.759. The van der Waals surface area contributed by atoms with Crippen molar-refractivity contribution in [3.05, 3.63) is 28.8 Å². The van der Waals surface area contributed by atoms with Crippen molar-refractivity contribution in [1.29, 1.82) is 5.26 Å². The first kappa shape index (κ1) is 13.3. The van der Waals surface area contributed by atoms with Crippen LogP contribution < -0.4 is 0 Å². The van der Waals surface area contributed by atoms with Crippen LogP contribution in [0.15, 0.2) is 6.07 Å². The Morgan fingerprint density at radius 3 is 2.35 bits per heavy atom.